The average molecular weight is 447 g/mol. The number of rotatable bonds is 4. The summed E-state index contributed by atoms with van der Waals surface area (Å²) in [7, 11) is 1.32. The van der Waals surface area contributed by atoms with E-state index in [9.17, 15) is 14.4 Å². The molecule has 8 nitrogen and oxygen atoms in total. The van der Waals surface area contributed by atoms with Crippen LogP contribution >= 0.6 is 0 Å². The summed E-state index contributed by atoms with van der Waals surface area (Å²) in [6.45, 7) is 8.51. The Kier molecular flexibility index (Phi) is 7.77. The molecule has 1 aromatic carbocycles. The number of hydrogen-bond acceptors (Lipinski definition) is 7. The Morgan fingerprint density at radius 1 is 0.812 bits per heavy atom. The molecule has 176 valence electrons. The molecule has 0 bridgehead atoms. The zero-order valence-electron chi connectivity index (χ0n) is 19.5. The molecular formula is C24H34N2O6. The van der Waals surface area contributed by atoms with Gasteiger partial charge in [-0.05, 0) is 82.6 Å². The first-order valence-corrected chi connectivity index (χ1v) is 11.3. The van der Waals surface area contributed by atoms with Crippen LogP contribution in [-0.4, -0.2) is 66.9 Å². The lowest BCUT2D eigenvalue weighted by molar-refractivity contribution is -0.130. The second-order valence-corrected chi connectivity index (χ2v) is 9.52. The van der Waals surface area contributed by atoms with Crippen LogP contribution in [0, 0.1) is 11.8 Å². The van der Waals surface area contributed by atoms with Gasteiger partial charge >= 0.3 is 18.0 Å². The van der Waals surface area contributed by atoms with Crippen molar-refractivity contribution in [3.63, 3.8) is 0 Å². The molecule has 32 heavy (non-hydrogen) atoms. The van der Waals surface area contributed by atoms with Gasteiger partial charge in [-0.3, -0.25) is 0 Å². The zero-order valence-corrected chi connectivity index (χ0v) is 19.5. The van der Waals surface area contributed by atoms with Gasteiger partial charge in [0.25, 0.3) is 0 Å². The lowest BCUT2D eigenvalue weighted by Crippen LogP contribution is -2.44. The Bertz CT molecular complexity index is 801. The Labute approximate surface area is 189 Å². The molecule has 2 aliphatic rings. The average Bonchev–Trinajstić information content (AvgIpc) is 2.78. The molecule has 3 rings (SSSR count). The molecule has 0 radical (unpaired) electrons. The SMILES string of the molecule is COC(=O)c1ccc(C(=O)ON2CCC(C3CCN(C(=O)OC(C)(C)C)CC3)CC2)cc1. The molecule has 2 fully saturated rings. The van der Waals surface area contributed by atoms with Crippen molar-refractivity contribution in [3.8, 4) is 0 Å². The van der Waals surface area contributed by atoms with Crippen LogP contribution in [0.3, 0.4) is 0 Å². The van der Waals surface area contributed by atoms with E-state index in [4.69, 9.17) is 9.57 Å². The normalized spacial score (nSPS) is 18.8. The summed E-state index contributed by atoms with van der Waals surface area (Å²) in [6.07, 6.45) is 3.67. The van der Waals surface area contributed by atoms with Gasteiger partial charge in [0.2, 0.25) is 0 Å². The molecule has 2 saturated heterocycles. The number of esters is 1. The maximum absolute atomic E-state index is 12.4. The van der Waals surface area contributed by atoms with E-state index in [1.54, 1.807) is 29.3 Å². The van der Waals surface area contributed by atoms with Gasteiger partial charge in [0.05, 0.1) is 18.2 Å². The molecule has 0 N–H and O–H groups in total. The second-order valence-electron chi connectivity index (χ2n) is 9.52. The van der Waals surface area contributed by atoms with Gasteiger partial charge in [0.1, 0.15) is 5.60 Å². The first kappa shape index (κ1) is 24.0. The molecule has 0 saturated carbocycles. The van der Waals surface area contributed by atoms with Gasteiger partial charge in [-0.15, -0.1) is 5.06 Å². The van der Waals surface area contributed by atoms with E-state index in [2.05, 4.69) is 4.74 Å². The molecule has 0 aliphatic carbocycles. The number of methoxy groups -OCH3 is 1. The third kappa shape index (κ3) is 6.45. The summed E-state index contributed by atoms with van der Waals surface area (Å²) in [5.74, 6) is 0.289. The fourth-order valence-electron chi connectivity index (χ4n) is 4.35. The van der Waals surface area contributed by atoms with Crippen molar-refractivity contribution < 1.29 is 28.7 Å². The number of carbonyl (C=O) groups is 3. The maximum Gasteiger partial charge on any atom is 0.410 e. The van der Waals surface area contributed by atoms with Crippen molar-refractivity contribution in [1.29, 1.82) is 0 Å². The van der Waals surface area contributed by atoms with Crippen molar-refractivity contribution in [2.75, 3.05) is 33.3 Å². The molecule has 2 heterocycles. The quantitative estimate of drug-likeness (QED) is 0.648. The number of hydroxylamine groups is 2. The fraction of sp³-hybridized carbons (Fsp3) is 0.625. The fourth-order valence-corrected chi connectivity index (χ4v) is 4.35. The molecule has 1 amide bonds. The minimum Gasteiger partial charge on any atom is -0.465 e. The number of ether oxygens (including phenoxy) is 2. The van der Waals surface area contributed by atoms with Crippen LogP contribution in [0.15, 0.2) is 24.3 Å². The van der Waals surface area contributed by atoms with E-state index in [0.717, 1.165) is 38.8 Å². The summed E-state index contributed by atoms with van der Waals surface area (Å²) in [5.41, 5.74) is 0.318. The minimum atomic E-state index is -0.471. The van der Waals surface area contributed by atoms with Crippen LogP contribution in [0.1, 0.15) is 67.2 Å². The highest BCUT2D eigenvalue weighted by atomic mass is 16.7. The number of nitrogens with zero attached hydrogens (tertiary/aromatic N) is 2. The predicted molar refractivity (Wildman–Crippen MR) is 118 cm³/mol. The third-order valence-corrected chi connectivity index (χ3v) is 6.11. The van der Waals surface area contributed by atoms with E-state index < -0.39 is 17.5 Å². The number of piperidine rings is 2. The van der Waals surface area contributed by atoms with E-state index in [0.29, 0.717) is 36.1 Å². The first-order chi connectivity index (χ1) is 15.2. The zero-order chi connectivity index (χ0) is 23.3. The highest BCUT2D eigenvalue weighted by molar-refractivity contribution is 5.93. The lowest BCUT2D eigenvalue weighted by Gasteiger charge is -2.39. The molecule has 8 heteroatoms. The van der Waals surface area contributed by atoms with Gasteiger partial charge in [-0.2, -0.15) is 0 Å². The molecule has 0 atom stereocenters. The van der Waals surface area contributed by atoms with Crippen molar-refractivity contribution in [2.45, 2.75) is 52.1 Å². The lowest BCUT2D eigenvalue weighted by atomic mass is 9.79. The highest BCUT2D eigenvalue weighted by Crippen LogP contribution is 2.33. The van der Waals surface area contributed by atoms with Crippen molar-refractivity contribution in [3.05, 3.63) is 35.4 Å². The molecule has 0 unspecified atom stereocenters. The van der Waals surface area contributed by atoms with Crippen molar-refractivity contribution in [2.24, 2.45) is 11.8 Å². The van der Waals surface area contributed by atoms with Gasteiger partial charge in [-0.25, -0.2) is 14.4 Å². The van der Waals surface area contributed by atoms with Gasteiger partial charge in [0, 0.05) is 26.2 Å². The van der Waals surface area contributed by atoms with Crippen LogP contribution < -0.4 is 0 Å². The summed E-state index contributed by atoms with van der Waals surface area (Å²) < 4.78 is 10.1. The van der Waals surface area contributed by atoms with E-state index >= 15 is 0 Å². The van der Waals surface area contributed by atoms with Gasteiger partial charge in [-0.1, -0.05) is 0 Å². The summed E-state index contributed by atoms with van der Waals surface area (Å²) >= 11 is 0. The standard InChI is InChI=1S/C24H34N2O6/c1-24(2,3)31-23(29)25-13-9-17(10-14-25)18-11-15-26(16-12-18)32-22(28)20-7-5-19(6-8-20)21(27)30-4/h5-8,17-18H,9-16H2,1-4H3. The second kappa shape index (κ2) is 10.3. The Morgan fingerprint density at radius 3 is 1.75 bits per heavy atom. The summed E-state index contributed by atoms with van der Waals surface area (Å²) in [4.78, 5) is 43.5. The van der Waals surface area contributed by atoms with Crippen molar-refractivity contribution in [1.82, 2.24) is 9.96 Å². The Balaban J connectivity index is 1.41. The summed E-state index contributed by atoms with van der Waals surface area (Å²) in [5, 5.41) is 1.73. The Hall–Kier alpha value is -2.61. The number of amides is 1. The highest BCUT2D eigenvalue weighted by Gasteiger charge is 2.33. The summed E-state index contributed by atoms with van der Waals surface area (Å²) in [6, 6.07) is 6.25. The maximum atomic E-state index is 12.4. The smallest absolute Gasteiger partial charge is 0.410 e. The minimum absolute atomic E-state index is 0.225. The molecular weight excluding hydrogens is 412 g/mol. The van der Waals surface area contributed by atoms with Crippen LogP contribution in [-0.2, 0) is 14.3 Å². The van der Waals surface area contributed by atoms with Crippen molar-refractivity contribution >= 4 is 18.0 Å². The van der Waals surface area contributed by atoms with Crippen LogP contribution in [0.2, 0.25) is 0 Å². The van der Waals surface area contributed by atoms with Crippen LogP contribution in [0.4, 0.5) is 4.79 Å². The molecule has 0 spiro atoms. The van der Waals surface area contributed by atoms with Crippen LogP contribution in [0.5, 0.6) is 0 Å². The monoisotopic (exact) mass is 446 g/mol. The molecule has 2 aliphatic heterocycles. The van der Waals surface area contributed by atoms with E-state index in [1.807, 2.05) is 25.7 Å². The van der Waals surface area contributed by atoms with Crippen LogP contribution in [0.25, 0.3) is 0 Å². The number of carbonyl (C=O) groups excluding carboxylic acids is 3. The van der Waals surface area contributed by atoms with Gasteiger partial charge in [0.15, 0.2) is 0 Å². The predicted octanol–water partition coefficient (Wildman–Crippen LogP) is 3.90. The molecule has 0 aromatic heterocycles. The topological polar surface area (TPSA) is 85.4 Å². The third-order valence-electron chi connectivity index (χ3n) is 6.11. The van der Waals surface area contributed by atoms with Gasteiger partial charge < -0.3 is 19.2 Å². The largest absolute Gasteiger partial charge is 0.465 e. The Morgan fingerprint density at radius 2 is 1.28 bits per heavy atom. The number of likely N-dealkylation sites (tertiary alicyclic amines) is 1. The molecule has 1 aromatic rings. The number of benzene rings is 1. The van der Waals surface area contributed by atoms with E-state index in [1.165, 1.54) is 7.11 Å². The van der Waals surface area contributed by atoms with E-state index in [-0.39, 0.29) is 6.09 Å². The number of hydrogen-bond donors (Lipinski definition) is 0. The first-order valence-electron chi connectivity index (χ1n) is 11.3.